The number of phenolic OH excluding ortho intramolecular Hbond substituents is 1. The number of fused-ring (bicyclic) bond motifs is 1. The minimum absolute atomic E-state index is 0.156. The first-order valence-electron chi connectivity index (χ1n) is 7.76. The van der Waals surface area contributed by atoms with Gasteiger partial charge in [-0.2, -0.15) is 0 Å². The van der Waals surface area contributed by atoms with Crippen LogP contribution in [0.2, 0.25) is 0 Å². The van der Waals surface area contributed by atoms with Crippen LogP contribution in [0.3, 0.4) is 0 Å². The largest absolute Gasteiger partial charge is 0.504 e. The highest BCUT2D eigenvalue weighted by molar-refractivity contribution is 5.84. The quantitative estimate of drug-likeness (QED) is 0.675. The Kier molecular flexibility index (Phi) is 4.26. The highest BCUT2D eigenvalue weighted by Gasteiger charge is 2.16. The van der Waals surface area contributed by atoms with Crippen LogP contribution >= 0.6 is 0 Å². The van der Waals surface area contributed by atoms with Gasteiger partial charge in [0.05, 0.1) is 7.11 Å². The lowest BCUT2D eigenvalue weighted by molar-refractivity contribution is 0.373. The summed E-state index contributed by atoms with van der Waals surface area (Å²) in [4.78, 5) is 3.33. The number of hydrogen-bond acceptors (Lipinski definition) is 3. The molecular formula is C19H22N2O2. The second-order valence-corrected chi connectivity index (χ2v) is 5.94. The molecule has 0 aliphatic carbocycles. The molecule has 0 saturated heterocycles. The summed E-state index contributed by atoms with van der Waals surface area (Å²) in [5.74, 6) is 0.858. The van der Waals surface area contributed by atoms with Gasteiger partial charge in [-0.15, -0.1) is 0 Å². The molecule has 4 N–H and O–H groups in total. The fourth-order valence-electron chi connectivity index (χ4n) is 3.05. The first-order chi connectivity index (χ1) is 11.1. The molecular weight excluding hydrogens is 288 g/mol. The van der Waals surface area contributed by atoms with Crippen molar-refractivity contribution in [1.82, 2.24) is 4.98 Å². The molecule has 1 aromatic heterocycles. The number of hydrogen-bond donors (Lipinski definition) is 3. The molecule has 0 saturated carbocycles. The Balaban J connectivity index is 1.94. The van der Waals surface area contributed by atoms with Crippen LogP contribution in [0.25, 0.3) is 10.9 Å². The predicted octanol–water partition coefficient (Wildman–Crippen LogP) is 3.48. The molecule has 3 aromatic rings. The van der Waals surface area contributed by atoms with Crippen molar-refractivity contribution in [2.24, 2.45) is 5.73 Å². The van der Waals surface area contributed by atoms with Gasteiger partial charge in [-0.1, -0.05) is 17.7 Å². The monoisotopic (exact) mass is 310 g/mol. The van der Waals surface area contributed by atoms with Gasteiger partial charge >= 0.3 is 0 Å². The number of rotatable bonds is 5. The number of aryl methyl sites for hydroxylation is 1. The number of nitrogens with two attached hydrogens (primary N) is 1. The molecule has 0 radical (unpaired) electrons. The highest BCUT2D eigenvalue weighted by Crippen LogP contribution is 2.31. The number of methoxy groups -OCH3 is 1. The van der Waals surface area contributed by atoms with Crippen LogP contribution in [0.15, 0.2) is 42.6 Å². The zero-order valence-corrected chi connectivity index (χ0v) is 13.5. The number of phenols is 1. The summed E-state index contributed by atoms with van der Waals surface area (Å²) in [5.41, 5.74) is 10.7. The lowest BCUT2D eigenvalue weighted by Gasteiger charge is -2.15. The van der Waals surface area contributed by atoms with E-state index in [4.69, 9.17) is 10.5 Å². The molecule has 4 heteroatoms. The van der Waals surface area contributed by atoms with Crippen LogP contribution in [0.5, 0.6) is 11.5 Å². The Morgan fingerprint density at radius 3 is 2.78 bits per heavy atom. The van der Waals surface area contributed by atoms with E-state index in [1.807, 2.05) is 12.1 Å². The van der Waals surface area contributed by atoms with Gasteiger partial charge in [-0.3, -0.25) is 0 Å². The van der Waals surface area contributed by atoms with E-state index < -0.39 is 0 Å². The Morgan fingerprint density at radius 1 is 1.22 bits per heavy atom. The van der Waals surface area contributed by atoms with Gasteiger partial charge < -0.3 is 20.6 Å². The van der Waals surface area contributed by atoms with E-state index in [1.165, 1.54) is 16.5 Å². The van der Waals surface area contributed by atoms with Crippen molar-refractivity contribution in [3.63, 3.8) is 0 Å². The summed E-state index contributed by atoms with van der Waals surface area (Å²) in [6.45, 7) is 2.66. The van der Waals surface area contributed by atoms with Crippen LogP contribution < -0.4 is 10.5 Å². The van der Waals surface area contributed by atoms with Crippen molar-refractivity contribution < 1.29 is 9.84 Å². The lowest BCUT2D eigenvalue weighted by atomic mass is 9.91. The lowest BCUT2D eigenvalue weighted by Crippen LogP contribution is -2.14. The highest BCUT2D eigenvalue weighted by atomic mass is 16.5. The Morgan fingerprint density at radius 2 is 2.04 bits per heavy atom. The number of nitrogens with one attached hydrogen (secondary N) is 1. The van der Waals surface area contributed by atoms with Gasteiger partial charge in [0.25, 0.3) is 0 Å². The normalized spacial score (nSPS) is 12.5. The molecule has 0 bridgehead atoms. The standard InChI is InChI=1S/C19H22N2O2/c1-12-3-5-17-15(7-12)16(11-21-17)14(10-20)8-13-4-6-18(22)19(9-13)23-2/h3-7,9,11,14,21-22H,8,10,20H2,1-2H3. The van der Waals surface area contributed by atoms with Crippen molar-refractivity contribution >= 4 is 10.9 Å². The first-order valence-corrected chi connectivity index (χ1v) is 7.76. The SMILES string of the molecule is COc1cc(CC(CN)c2c[nH]c3ccc(C)cc23)ccc1O. The second-order valence-electron chi connectivity index (χ2n) is 5.94. The summed E-state index contributed by atoms with van der Waals surface area (Å²) >= 11 is 0. The average Bonchev–Trinajstić information content (AvgIpc) is 2.97. The van der Waals surface area contributed by atoms with Crippen molar-refractivity contribution in [3.8, 4) is 11.5 Å². The molecule has 0 aliphatic rings. The van der Waals surface area contributed by atoms with E-state index in [0.717, 1.165) is 17.5 Å². The second kappa shape index (κ2) is 6.34. The van der Waals surface area contributed by atoms with Crippen molar-refractivity contribution in [2.75, 3.05) is 13.7 Å². The third-order valence-corrected chi connectivity index (χ3v) is 4.32. The smallest absolute Gasteiger partial charge is 0.160 e. The summed E-state index contributed by atoms with van der Waals surface area (Å²) in [7, 11) is 1.56. The van der Waals surface area contributed by atoms with Crippen LogP contribution in [0, 0.1) is 6.92 Å². The van der Waals surface area contributed by atoms with Crippen molar-refractivity contribution in [1.29, 1.82) is 0 Å². The fraction of sp³-hybridized carbons (Fsp3) is 0.263. The third kappa shape index (κ3) is 3.03. The van der Waals surface area contributed by atoms with E-state index in [0.29, 0.717) is 12.3 Å². The molecule has 120 valence electrons. The Labute approximate surface area is 135 Å². The summed E-state index contributed by atoms with van der Waals surface area (Å²) in [6, 6.07) is 11.9. The van der Waals surface area contributed by atoms with E-state index in [9.17, 15) is 5.11 Å². The van der Waals surface area contributed by atoms with E-state index in [2.05, 4.69) is 36.3 Å². The predicted molar refractivity (Wildman–Crippen MR) is 93.2 cm³/mol. The summed E-state index contributed by atoms with van der Waals surface area (Å²) < 4.78 is 5.19. The van der Waals surface area contributed by atoms with Crippen LogP contribution in [-0.4, -0.2) is 23.7 Å². The van der Waals surface area contributed by atoms with Crippen molar-refractivity contribution in [3.05, 3.63) is 59.3 Å². The zero-order chi connectivity index (χ0) is 16.4. The molecule has 3 rings (SSSR count). The van der Waals surface area contributed by atoms with Crippen molar-refractivity contribution in [2.45, 2.75) is 19.3 Å². The number of H-pyrrole nitrogens is 1. The van der Waals surface area contributed by atoms with Gasteiger partial charge in [0.2, 0.25) is 0 Å². The van der Waals surface area contributed by atoms with Crippen LogP contribution in [0.4, 0.5) is 0 Å². The molecule has 2 aromatic carbocycles. The van der Waals surface area contributed by atoms with Crippen LogP contribution in [-0.2, 0) is 6.42 Å². The van der Waals surface area contributed by atoms with E-state index in [1.54, 1.807) is 13.2 Å². The number of aromatic amines is 1. The van der Waals surface area contributed by atoms with Crippen LogP contribution in [0.1, 0.15) is 22.6 Å². The maximum absolute atomic E-state index is 9.73. The molecule has 4 nitrogen and oxygen atoms in total. The molecule has 0 spiro atoms. The number of ether oxygens (including phenoxy) is 1. The Bertz CT molecular complexity index is 823. The average molecular weight is 310 g/mol. The van der Waals surface area contributed by atoms with Gasteiger partial charge in [-0.05, 0) is 55.3 Å². The Hall–Kier alpha value is -2.46. The third-order valence-electron chi connectivity index (χ3n) is 4.32. The molecule has 0 amide bonds. The molecule has 0 aliphatic heterocycles. The molecule has 0 fully saturated rings. The minimum Gasteiger partial charge on any atom is -0.504 e. The zero-order valence-electron chi connectivity index (χ0n) is 13.5. The number of aromatic nitrogens is 1. The minimum atomic E-state index is 0.156. The van der Waals surface area contributed by atoms with Gasteiger partial charge in [-0.25, -0.2) is 0 Å². The maximum Gasteiger partial charge on any atom is 0.160 e. The molecule has 1 atom stereocenters. The maximum atomic E-state index is 9.73. The molecule has 23 heavy (non-hydrogen) atoms. The number of benzene rings is 2. The summed E-state index contributed by atoms with van der Waals surface area (Å²) in [5, 5.41) is 11.0. The van der Waals surface area contributed by atoms with Gasteiger partial charge in [0.1, 0.15) is 0 Å². The number of aromatic hydroxyl groups is 1. The van der Waals surface area contributed by atoms with Gasteiger partial charge in [0, 0.05) is 23.0 Å². The molecule has 1 unspecified atom stereocenters. The molecule has 1 heterocycles. The van der Waals surface area contributed by atoms with E-state index in [-0.39, 0.29) is 11.7 Å². The fourth-order valence-corrected chi connectivity index (χ4v) is 3.05. The van der Waals surface area contributed by atoms with Gasteiger partial charge in [0.15, 0.2) is 11.5 Å². The first kappa shape index (κ1) is 15.4. The summed E-state index contributed by atoms with van der Waals surface area (Å²) in [6.07, 6.45) is 2.85. The van der Waals surface area contributed by atoms with E-state index >= 15 is 0 Å². The topological polar surface area (TPSA) is 71.3 Å².